The van der Waals surface area contributed by atoms with Crippen molar-refractivity contribution in [3.8, 4) is 22.6 Å². The number of aryl methyl sites for hydroxylation is 1. The summed E-state index contributed by atoms with van der Waals surface area (Å²) in [5, 5.41) is 3.90. The monoisotopic (exact) mass is 801 g/mol. The van der Waals surface area contributed by atoms with Gasteiger partial charge in [0.1, 0.15) is 17.5 Å². The molecule has 1 N–H and O–H groups in total. The third-order valence-electron chi connectivity index (χ3n) is 13.8. The van der Waals surface area contributed by atoms with Crippen LogP contribution in [0.25, 0.3) is 21.9 Å². The van der Waals surface area contributed by atoms with Gasteiger partial charge < -0.3 is 23.8 Å². The number of likely N-dealkylation sites (tertiary alicyclic amines) is 1. The van der Waals surface area contributed by atoms with Crippen LogP contribution in [0.15, 0.2) is 53.6 Å². The molecular weight excluding hydrogens is 747 g/mol. The van der Waals surface area contributed by atoms with Gasteiger partial charge in [0.05, 0.1) is 25.2 Å². The fourth-order valence-corrected chi connectivity index (χ4v) is 9.65. The summed E-state index contributed by atoms with van der Waals surface area (Å²) in [5.74, 6) is 1.47. The molecule has 6 heterocycles. The van der Waals surface area contributed by atoms with E-state index < -0.39 is 6.04 Å². The Bertz CT molecular complexity index is 2350. The Kier molecular flexibility index (Phi) is 10.4. The van der Waals surface area contributed by atoms with Crippen molar-refractivity contribution >= 4 is 34.2 Å². The molecule has 4 aliphatic heterocycles. The number of piperidine rings is 2. The molecule has 59 heavy (non-hydrogen) atoms. The van der Waals surface area contributed by atoms with Gasteiger partial charge in [-0.25, -0.2) is 0 Å². The molecule has 9 rings (SSSR count). The maximum absolute atomic E-state index is 13.4. The van der Waals surface area contributed by atoms with E-state index in [1.165, 1.54) is 6.42 Å². The zero-order valence-electron chi connectivity index (χ0n) is 34.7. The maximum atomic E-state index is 13.4. The van der Waals surface area contributed by atoms with Crippen molar-refractivity contribution in [2.24, 2.45) is 13.0 Å². The molecule has 1 atom stereocenters. The molecule has 0 spiro atoms. The van der Waals surface area contributed by atoms with Gasteiger partial charge in [0, 0.05) is 93.1 Å². The summed E-state index contributed by atoms with van der Waals surface area (Å²) >= 11 is 0. The minimum Gasteiger partial charge on any atom is -0.496 e. The molecule has 0 radical (unpaired) electrons. The first kappa shape index (κ1) is 39.2. The van der Waals surface area contributed by atoms with E-state index >= 15 is 0 Å². The van der Waals surface area contributed by atoms with Crippen molar-refractivity contribution in [2.75, 3.05) is 64.9 Å². The standard InChI is InChI=1S/C46H55N7O6/c1-46(12-13-46)41-24-34-35(25-47-41)44(56)49(2)27-36(34)31-21-39(58-3)37(40(22-31)59-4)28-51-15-10-29(11-16-51)9-14-50-17-19-52(20-18-50)32-6-5-30-26-53(45(57)33(30)23-32)38-7-8-42(54)48-43(38)55/h5-6,21-25,27,29,38H,7-20,26,28H2,1-4H3,(H,48,54,55). The fourth-order valence-electron chi connectivity index (χ4n) is 9.65. The molecule has 2 aromatic carbocycles. The topological polar surface area (TPSA) is 130 Å². The minimum absolute atomic E-state index is 0.0560. The molecule has 4 fully saturated rings. The van der Waals surface area contributed by atoms with Crippen molar-refractivity contribution < 1.29 is 23.9 Å². The molecule has 13 nitrogen and oxygen atoms in total. The van der Waals surface area contributed by atoms with Crippen LogP contribution < -0.4 is 25.2 Å². The van der Waals surface area contributed by atoms with Crippen LogP contribution in [0.4, 0.5) is 5.69 Å². The number of hydrogen-bond acceptors (Lipinski definition) is 10. The average Bonchev–Trinajstić information content (AvgIpc) is 3.93. The van der Waals surface area contributed by atoms with Gasteiger partial charge in [0.25, 0.3) is 11.5 Å². The number of rotatable bonds is 11. The highest BCUT2D eigenvalue weighted by Gasteiger charge is 2.41. The van der Waals surface area contributed by atoms with Crippen molar-refractivity contribution in [2.45, 2.75) is 76.4 Å². The van der Waals surface area contributed by atoms with Crippen molar-refractivity contribution in [1.82, 2.24) is 29.6 Å². The SMILES string of the molecule is COc1cc(-c2cn(C)c(=O)c3cnc(C4(C)CC4)cc23)cc(OC)c1CN1CCC(CCN2CCN(c3ccc4c(c3)C(=O)N(C3CCC(=O)NC3=O)C4)CC2)CC1. The number of piperazine rings is 1. The summed E-state index contributed by atoms with van der Waals surface area (Å²) in [5.41, 5.74) is 6.66. The number of methoxy groups -OCH3 is 2. The van der Waals surface area contributed by atoms with Crippen LogP contribution in [0.5, 0.6) is 11.5 Å². The zero-order chi connectivity index (χ0) is 41.0. The molecule has 5 aliphatic rings. The number of amides is 3. The number of fused-ring (bicyclic) bond motifs is 2. The Labute approximate surface area is 345 Å². The second kappa shape index (κ2) is 15.7. The van der Waals surface area contributed by atoms with E-state index in [0.717, 1.165) is 129 Å². The Hall–Kier alpha value is -5.27. The highest BCUT2D eigenvalue weighted by molar-refractivity contribution is 6.05. The number of nitrogens with zero attached hydrogens (tertiary/aromatic N) is 6. The van der Waals surface area contributed by atoms with E-state index in [-0.39, 0.29) is 35.1 Å². The lowest BCUT2D eigenvalue weighted by Crippen LogP contribution is -2.52. The smallest absolute Gasteiger partial charge is 0.259 e. The van der Waals surface area contributed by atoms with E-state index in [1.807, 2.05) is 18.3 Å². The summed E-state index contributed by atoms with van der Waals surface area (Å²) < 4.78 is 13.7. The van der Waals surface area contributed by atoms with E-state index in [4.69, 9.17) is 14.5 Å². The molecule has 13 heteroatoms. The van der Waals surface area contributed by atoms with E-state index in [9.17, 15) is 19.2 Å². The first-order valence-corrected chi connectivity index (χ1v) is 21.2. The predicted molar refractivity (Wildman–Crippen MR) is 226 cm³/mol. The molecule has 310 valence electrons. The fraction of sp³-hybridized carbons (Fsp3) is 0.500. The maximum Gasteiger partial charge on any atom is 0.259 e. The van der Waals surface area contributed by atoms with Gasteiger partial charge in [-0.2, -0.15) is 0 Å². The largest absolute Gasteiger partial charge is 0.496 e. The van der Waals surface area contributed by atoms with Crippen LogP contribution in [-0.4, -0.2) is 108 Å². The summed E-state index contributed by atoms with van der Waals surface area (Å²) in [7, 11) is 5.22. The van der Waals surface area contributed by atoms with Gasteiger partial charge in [0.15, 0.2) is 0 Å². The second-order valence-corrected chi connectivity index (χ2v) is 17.6. The first-order chi connectivity index (χ1) is 28.5. The highest BCUT2D eigenvalue weighted by atomic mass is 16.5. The number of ether oxygens (including phenoxy) is 2. The quantitative estimate of drug-likeness (QED) is 0.210. The summed E-state index contributed by atoms with van der Waals surface area (Å²) in [4.78, 5) is 64.4. The number of carbonyl (C=O) groups excluding carboxylic acids is 3. The number of imide groups is 1. The Balaban J connectivity index is 0.785. The Morgan fingerprint density at radius 3 is 2.25 bits per heavy atom. The van der Waals surface area contributed by atoms with Gasteiger partial charge in [-0.3, -0.25) is 39.3 Å². The van der Waals surface area contributed by atoms with E-state index in [1.54, 1.807) is 36.9 Å². The van der Waals surface area contributed by atoms with Crippen molar-refractivity contribution in [3.05, 3.63) is 81.5 Å². The molecule has 4 aromatic rings. The molecule has 3 amide bonds. The zero-order valence-corrected chi connectivity index (χ0v) is 34.7. The number of hydrogen-bond donors (Lipinski definition) is 1. The van der Waals surface area contributed by atoms with E-state index in [0.29, 0.717) is 29.8 Å². The second-order valence-electron chi connectivity index (χ2n) is 17.6. The lowest BCUT2D eigenvalue weighted by atomic mass is 9.92. The van der Waals surface area contributed by atoms with Gasteiger partial charge in [-0.15, -0.1) is 0 Å². The number of pyridine rings is 2. The third kappa shape index (κ3) is 7.59. The summed E-state index contributed by atoms with van der Waals surface area (Å²) in [6, 6.07) is 11.8. The number of aromatic nitrogens is 2. The molecule has 0 bridgehead atoms. The summed E-state index contributed by atoms with van der Waals surface area (Å²) in [6.07, 6.45) is 10.00. The normalized spacial score (nSPS) is 21.2. The predicted octanol–water partition coefficient (Wildman–Crippen LogP) is 4.85. The third-order valence-corrected chi connectivity index (χ3v) is 13.8. The van der Waals surface area contributed by atoms with Gasteiger partial charge in [0.2, 0.25) is 11.8 Å². The first-order valence-electron chi connectivity index (χ1n) is 21.2. The lowest BCUT2D eigenvalue weighted by molar-refractivity contribution is -0.136. The van der Waals surface area contributed by atoms with Gasteiger partial charge in [-0.05, 0) is 111 Å². The molecular formula is C46H55N7O6. The number of benzene rings is 2. The van der Waals surface area contributed by atoms with Crippen molar-refractivity contribution in [3.63, 3.8) is 0 Å². The molecule has 1 aliphatic carbocycles. The molecule has 2 aromatic heterocycles. The van der Waals surface area contributed by atoms with Crippen LogP contribution >= 0.6 is 0 Å². The van der Waals surface area contributed by atoms with Crippen LogP contribution in [0, 0.1) is 5.92 Å². The molecule has 1 unspecified atom stereocenters. The van der Waals surface area contributed by atoms with Crippen LogP contribution in [-0.2, 0) is 35.1 Å². The van der Waals surface area contributed by atoms with Gasteiger partial charge >= 0.3 is 0 Å². The average molecular weight is 802 g/mol. The molecule has 3 saturated heterocycles. The summed E-state index contributed by atoms with van der Waals surface area (Å²) in [6.45, 7) is 10.3. The Morgan fingerprint density at radius 2 is 1.58 bits per heavy atom. The lowest BCUT2D eigenvalue weighted by Gasteiger charge is -2.38. The molecule has 1 saturated carbocycles. The minimum atomic E-state index is -0.596. The van der Waals surface area contributed by atoms with Crippen LogP contribution in [0.2, 0.25) is 0 Å². The van der Waals surface area contributed by atoms with Crippen molar-refractivity contribution in [1.29, 1.82) is 0 Å². The number of carbonyl (C=O) groups is 3. The number of nitrogens with one attached hydrogen (secondary N) is 1. The number of anilines is 1. The van der Waals surface area contributed by atoms with Crippen LogP contribution in [0.1, 0.15) is 79.0 Å². The van der Waals surface area contributed by atoms with Crippen LogP contribution in [0.3, 0.4) is 0 Å². The Morgan fingerprint density at radius 1 is 0.847 bits per heavy atom. The van der Waals surface area contributed by atoms with Gasteiger partial charge in [-0.1, -0.05) is 13.0 Å². The highest BCUT2D eigenvalue weighted by Crippen LogP contribution is 2.48. The van der Waals surface area contributed by atoms with E-state index in [2.05, 4.69) is 51.2 Å².